The van der Waals surface area contributed by atoms with Gasteiger partial charge >= 0.3 is 0 Å². The Morgan fingerprint density at radius 1 is 0.667 bits per heavy atom. The average Bonchev–Trinajstić information content (AvgIpc) is 2.65. The van der Waals surface area contributed by atoms with E-state index in [9.17, 15) is 4.79 Å². The lowest BCUT2D eigenvalue weighted by molar-refractivity contribution is 0.103. The standard InChI is InChI=1S/C22H15NO/c23-21-17-11-5-6-12-18(17)22(24)20-16-10-4-2-8-14(16)13-7-1-3-9-15(13)19(20)21/h1-12,21H,23H2. The summed E-state index contributed by atoms with van der Waals surface area (Å²) in [5.74, 6) is 0.0734. The van der Waals surface area contributed by atoms with Crippen LogP contribution in [0.3, 0.4) is 0 Å². The molecule has 0 saturated heterocycles. The van der Waals surface area contributed by atoms with E-state index in [1.54, 1.807) is 0 Å². The molecule has 2 heteroatoms. The maximum absolute atomic E-state index is 13.3. The van der Waals surface area contributed by atoms with Crippen molar-refractivity contribution in [2.45, 2.75) is 6.04 Å². The van der Waals surface area contributed by atoms with Crippen LogP contribution in [-0.4, -0.2) is 5.78 Å². The van der Waals surface area contributed by atoms with Crippen molar-refractivity contribution < 1.29 is 4.79 Å². The number of carbonyl (C=O) groups excluding carboxylic acids is 1. The zero-order valence-corrected chi connectivity index (χ0v) is 13.0. The highest BCUT2D eigenvalue weighted by Gasteiger charge is 2.32. The van der Waals surface area contributed by atoms with Gasteiger partial charge in [0.1, 0.15) is 0 Å². The first kappa shape index (κ1) is 13.5. The van der Waals surface area contributed by atoms with Gasteiger partial charge in [-0.15, -0.1) is 0 Å². The minimum atomic E-state index is -0.289. The molecule has 1 unspecified atom stereocenters. The van der Waals surface area contributed by atoms with Crippen LogP contribution in [0.1, 0.15) is 33.1 Å². The molecule has 0 radical (unpaired) electrons. The van der Waals surface area contributed by atoms with Gasteiger partial charge < -0.3 is 5.73 Å². The van der Waals surface area contributed by atoms with E-state index in [1.165, 1.54) is 0 Å². The number of carbonyl (C=O) groups is 1. The first-order valence-electron chi connectivity index (χ1n) is 8.10. The van der Waals surface area contributed by atoms with E-state index < -0.39 is 0 Å². The Balaban J connectivity index is 2.04. The second-order valence-electron chi connectivity index (χ2n) is 6.27. The quantitative estimate of drug-likeness (QED) is 0.483. The number of hydrogen-bond acceptors (Lipinski definition) is 2. The van der Waals surface area contributed by atoms with Crippen LogP contribution in [0.4, 0.5) is 0 Å². The Labute approximate surface area is 139 Å². The molecule has 0 aliphatic heterocycles. The number of hydrogen-bond donors (Lipinski definition) is 1. The molecule has 5 rings (SSSR count). The topological polar surface area (TPSA) is 43.1 Å². The minimum Gasteiger partial charge on any atom is -0.320 e. The van der Waals surface area contributed by atoms with Crippen molar-refractivity contribution in [2.24, 2.45) is 5.73 Å². The van der Waals surface area contributed by atoms with Crippen molar-refractivity contribution in [3.63, 3.8) is 0 Å². The predicted octanol–water partition coefficient (Wildman–Crippen LogP) is 4.59. The van der Waals surface area contributed by atoms with E-state index in [-0.39, 0.29) is 11.8 Å². The summed E-state index contributed by atoms with van der Waals surface area (Å²) in [5.41, 5.74) is 9.97. The van der Waals surface area contributed by atoms with Crippen LogP contribution < -0.4 is 5.73 Å². The van der Waals surface area contributed by atoms with Gasteiger partial charge in [0, 0.05) is 11.1 Å². The van der Waals surface area contributed by atoms with Crippen molar-refractivity contribution in [3.05, 3.63) is 95.1 Å². The molecule has 0 bridgehead atoms. The van der Waals surface area contributed by atoms with Crippen molar-refractivity contribution >= 4 is 27.3 Å². The highest BCUT2D eigenvalue weighted by Crippen LogP contribution is 2.42. The van der Waals surface area contributed by atoms with Gasteiger partial charge in [0.2, 0.25) is 0 Å². The molecule has 2 nitrogen and oxygen atoms in total. The lowest BCUT2D eigenvalue weighted by Gasteiger charge is -2.27. The van der Waals surface area contributed by atoms with Gasteiger partial charge in [-0.3, -0.25) is 4.79 Å². The summed E-state index contributed by atoms with van der Waals surface area (Å²) in [6, 6.07) is 23.7. The first-order valence-corrected chi connectivity index (χ1v) is 8.10. The van der Waals surface area contributed by atoms with Crippen molar-refractivity contribution in [1.82, 2.24) is 0 Å². The average molecular weight is 309 g/mol. The normalized spacial score (nSPS) is 16.2. The lowest BCUT2D eigenvalue weighted by atomic mass is 9.77. The molecule has 24 heavy (non-hydrogen) atoms. The second-order valence-corrected chi connectivity index (χ2v) is 6.27. The zero-order chi connectivity index (χ0) is 16.3. The van der Waals surface area contributed by atoms with E-state index >= 15 is 0 Å². The highest BCUT2D eigenvalue weighted by molar-refractivity contribution is 6.25. The molecule has 0 saturated carbocycles. The predicted molar refractivity (Wildman–Crippen MR) is 97.4 cm³/mol. The molecule has 0 fully saturated rings. The summed E-state index contributed by atoms with van der Waals surface area (Å²) in [4.78, 5) is 13.3. The van der Waals surface area contributed by atoms with E-state index in [4.69, 9.17) is 5.73 Å². The maximum atomic E-state index is 13.3. The molecule has 2 N–H and O–H groups in total. The number of nitrogens with two attached hydrogens (primary N) is 1. The summed E-state index contributed by atoms with van der Waals surface area (Å²) in [6.45, 7) is 0. The summed E-state index contributed by atoms with van der Waals surface area (Å²) >= 11 is 0. The summed E-state index contributed by atoms with van der Waals surface area (Å²) < 4.78 is 0. The summed E-state index contributed by atoms with van der Waals surface area (Å²) in [6.07, 6.45) is 0. The summed E-state index contributed by atoms with van der Waals surface area (Å²) in [7, 11) is 0. The maximum Gasteiger partial charge on any atom is 0.194 e. The van der Waals surface area contributed by atoms with E-state index in [0.29, 0.717) is 0 Å². The van der Waals surface area contributed by atoms with Crippen LogP contribution in [0, 0.1) is 0 Å². The van der Waals surface area contributed by atoms with Crippen molar-refractivity contribution in [3.8, 4) is 0 Å². The zero-order valence-electron chi connectivity index (χ0n) is 13.0. The largest absolute Gasteiger partial charge is 0.320 e. The monoisotopic (exact) mass is 309 g/mol. The number of rotatable bonds is 0. The molecule has 0 aromatic heterocycles. The Bertz CT molecular complexity index is 1140. The van der Waals surface area contributed by atoms with Crippen LogP contribution in [0.5, 0.6) is 0 Å². The van der Waals surface area contributed by atoms with E-state index in [1.807, 2.05) is 54.6 Å². The van der Waals surface area contributed by atoms with Crippen LogP contribution in [0.2, 0.25) is 0 Å². The van der Waals surface area contributed by atoms with Gasteiger partial charge in [-0.1, -0.05) is 72.8 Å². The van der Waals surface area contributed by atoms with Crippen LogP contribution in [0.15, 0.2) is 72.8 Å². The third-order valence-corrected chi connectivity index (χ3v) is 5.05. The number of benzene rings is 4. The Morgan fingerprint density at radius 3 is 1.96 bits per heavy atom. The third kappa shape index (κ3) is 1.61. The third-order valence-electron chi connectivity index (χ3n) is 5.05. The lowest BCUT2D eigenvalue weighted by Crippen LogP contribution is -2.25. The van der Waals surface area contributed by atoms with Crippen LogP contribution >= 0.6 is 0 Å². The molecule has 0 spiro atoms. The van der Waals surface area contributed by atoms with E-state index in [2.05, 4.69) is 18.2 Å². The molecular weight excluding hydrogens is 294 g/mol. The van der Waals surface area contributed by atoms with Crippen LogP contribution in [0.25, 0.3) is 21.5 Å². The molecule has 4 aromatic carbocycles. The van der Waals surface area contributed by atoms with Gasteiger partial charge in [-0.25, -0.2) is 0 Å². The summed E-state index contributed by atoms with van der Waals surface area (Å²) in [5, 5.41) is 4.31. The molecule has 1 aliphatic rings. The Morgan fingerprint density at radius 2 is 1.21 bits per heavy atom. The molecule has 0 heterocycles. The second kappa shape index (κ2) is 4.76. The van der Waals surface area contributed by atoms with Gasteiger partial charge in [0.05, 0.1) is 6.04 Å². The molecule has 1 atom stereocenters. The molecular formula is C22H15NO. The molecule has 114 valence electrons. The number of ketones is 1. The minimum absolute atomic E-state index is 0.0734. The smallest absolute Gasteiger partial charge is 0.194 e. The highest BCUT2D eigenvalue weighted by atomic mass is 16.1. The SMILES string of the molecule is NC1c2ccccc2C(=O)c2c1c1ccccc1c1ccccc21. The van der Waals surface area contributed by atoms with Gasteiger partial charge in [-0.2, -0.15) is 0 Å². The van der Waals surface area contributed by atoms with Crippen LogP contribution in [-0.2, 0) is 0 Å². The van der Waals surface area contributed by atoms with Crippen molar-refractivity contribution in [2.75, 3.05) is 0 Å². The van der Waals surface area contributed by atoms with Gasteiger partial charge in [0.25, 0.3) is 0 Å². The first-order chi connectivity index (χ1) is 11.8. The fourth-order valence-electron chi connectivity index (χ4n) is 4.00. The molecule has 1 aliphatic carbocycles. The molecule has 4 aromatic rings. The van der Waals surface area contributed by atoms with Gasteiger partial charge in [0.15, 0.2) is 5.78 Å². The van der Waals surface area contributed by atoms with Crippen molar-refractivity contribution in [1.29, 1.82) is 0 Å². The van der Waals surface area contributed by atoms with E-state index in [0.717, 1.165) is 43.8 Å². The number of fused-ring (bicyclic) bond motifs is 7. The molecule has 0 amide bonds. The Hall–Kier alpha value is -2.97. The fourth-order valence-corrected chi connectivity index (χ4v) is 4.00. The van der Waals surface area contributed by atoms with Gasteiger partial charge in [-0.05, 0) is 32.7 Å². The Kier molecular flexibility index (Phi) is 2.67. The fraction of sp³-hybridized carbons (Fsp3) is 0.0455.